The Bertz CT molecular complexity index is 805. The van der Waals surface area contributed by atoms with Crippen LogP contribution in [0.3, 0.4) is 0 Å². The Hall–Kier alpha value is -0.426. The predicted octanol–water partition coefficient (Wildman–Crippen LogP) is -1.15. The van der Waals surface area contributed by atoms with Crippen molar-refractivity contribution in [3.63, 3.8) is 0 Å². The van der Waals surface area contributed by atoms with Crippen LogP contribution in [0.1, 0.15) is 35.6 Å². The van der Waals surface area contributed by atoms with Gasteiger partial charge in [0.15, 0.2) is 0 Å². The van der Waals surface area contributed by atoms with Gasteiger partial charge in [0.2, 0.25) is 0 Å². The normalized spacial score (nSPS) is 23.2. The molecule has 0 spiro atoms. The number of halogens is 2. The predicted molar refractivity (Wildman–Crippen MR) is 94.9 cm³/mol. The van der Waals surface area contributed by atoms with Gasteiger partial charge in [0.1, 0.15) is 0 Å². The van der Waals surface area contributed by atoms with E-state index in [9.17, 15) is 0 Å². The average molecular weight is 412 g/mol. The molecule has 1 aromatic rings. The van der Waals surface area contributed by atoms with Gasteiger partial charge in [-0.25, -0.2) is 0 Å². The summed E-state index contributed by atoms with van der Waals surface area (Å²) in [4.78, 5) is 0. The first-order valence-corrected chi connectivity index (χ1v) is 11.1. The molecule has 1 aliphatic heterocycles. The van der Waals surface area contributed by atoms with Crippen LogP contribution in [0.4, 0.5) is 0 Å². The topological polar surface area (TPSA) is 12.0 Å². The van der Waals surface area contributed by atoms with Crippen LogP contribution in [0, 0.1) is 0 Å². The number of allylic oxidation sites excluding steroid dienone is 5. The second-order valence-electron chi connectivity index (χ2n) is 6.10. The monoisotopic (exact) mass is 411 g/mol. The van der Waals surface area contributed by atoms with Crippen molar-refractivity contribution in [2.24, 2.45) is 0 Å². The van der Waals surface area contributed by atoms with Gasteiger partial charge < -0.3 is 24.8 Å². The molecule has 2 unspecified atom stereocenters. The molecule has 1 heterocycles. The molecule has 1 aromatic carbocycles. The van der Waals surface area contributed by atoms with E-state index in [0.717, 1.165) is 0 Å². The Morgan fingerprint density at radius 3 is 2.62 bits per heavy atom. The summed E-state index contributed by atoms with van der Waals surface area (Å²) in [6.45, 7) is 4.58. The average Bonchev–Trinajstić information content (AvgIpc) is 3.23. The molecule has 0 fully saturated rings. The van der Waals surface area contributed by atoms with E-state index >= 15 is 0 Å². The van der Waals surface area contributed by atoms with Crippen molar-refractivity contribution in [2.75, 3.05) is 0 Å². The van der Waals surface area contributed by atoms with E-state index in [1.54, 1.807) is 20.3 Å². The summed E-state index contributed by atoms with van der Waals surface area (Å²) in [5.74, 6) is 4.71. The van der Waals surface area contributed by atoms with Crippen molar-refractivity contribution in [1.82, 2.24) is 5.32 Å². The summed E-state index contributed by atoms with van der Waals surface area (Å²) in [7, 11) is -0.640. The molecular weight excluding hydrogens is 392 g/mol. The van der Waals surface area contributed by atoms with Crippen molar-refractivity contribution in [3.05, 3.63) is 73.8 Å². The Kier molecular flexibility index (Phi) is 6.88. The summed E-state index contributed by atoms with van der Waals surface area (Å²) in [6.07, 6.45) is 8.21. The first-order valence-electron chi connectivity index (χ1n) is 7.81. The van der Waals surface area contributed by atoms with Gasteiger partial charge in [-0.3, -0.25) is 0 Å². The van der Waals surface area contributed by atoms with Crippen LogP contribution in [-0.2, 0) is 19.2 Å². The van der Waals surface area contributed by atoms with E-state index in [1.165, 1.54) is 17.6 Å². The van der Waals surface area contributed by atoms with Gasteiger partial charge in [0.05, 0.1) is 0 Å². The maximum absolute atomic E-state index is 3.30. The Labute approximate surface area is 166 Å². The Balaban J connectivity index is 0.00000104. The van der Waals surface area contributed by atoms with Crippen LogP contribution in [0.15, 0.2) is 62.7 Å². The molecule has 24 heavy (non-hydrogen) atoms. The van der Waals surface area contributed by atoms with Gasteiger partial charge >= 0.3 is 142 Å². The second-order valence-corrected chi connectivity index (χ2v) is 10.5. The molecule has 0 bridgehead atoms. The number of hydrogen-bond donors (Lipinski definition) is 1. The number of benzene rings is 1. The maximum atomic E-state index is 3.30. The van der Waals surface area contributed by atoms with Crippen LogP contribution in [-0.4, -0.2) is 5.92 Å². The van der Waals surface area contributed by atoms with Gasteiger partial charge in [-0.2, -0.15) is 0 Å². The number of hydrogen-bond acceptors (Lipinski definition) is 1. The van der Waals surface area contributed by atoms with Gasteiger partial charge in [-0.15, -0.1) is 0 Å². The minimum atomic E-state index is -0.640. The first kappa shape index (κ1) is 19.9. The van der Waals surface area contributed by atoms with Crippen LogP contribution >= 0.6 is 7.55 Å². The summed E-state index contributed by atoms with van der Waals surface area (Å²) >= 11 is -0.154. The van der Waals surface area contributed by atoms with Gasteiger partial charge in [-0.05, 0) is 0 Å². The van der Waals surface area contributed by atoms with Crippen molar-refractivity contribution in [3.8, 4) is 0 Å². The smallest absolute Gasteiger partial charge is 1.00 e. The SMILES string of the molecule is CC1=CC[C]([Ti+2][CH]2C([PH]3=CNC=C3)=Cc3ccccc32)=C1C.[Cl-].[Cl-]. The second kappa shape index (κ2) is 8.30. The quantitative estimate of drug-likeness (QED) is 0.489. The largest absolute Gasteiger partial charge is 1.00 e. The molecule has 0 saturated heterocycles. The van der Waals surface area contributed by atoms with Gasteiger partial charge in [-0.1, -0.05) is 0 Å². The third-order valence-corrected chi connectivity index (χ3v) is 10.3. The van der Waals surface area contributed by atoms with Crippen LogP contribution in [0.5, 0.6) is 0 Å². The Morgan fingerprint density at radius 2 is 1.96 bits per heavy atom. The Morgan fingerprint density at radius 1 is 1.17 bits per heavy atom. The summed E-state index contributed by atoms with van der Waals surface area (Å²) < 4.78 is 2.44. The maximum Gasteiger partial charge on any atom is -1.00 e. The number of nitrogens with one attached hydrogen (secondary N) is 1. The van der Waals surface area contributed by atoms with Gasteiger partial charge in [0, 0.05) is 0 Å². The van der Waals surface area contributed by atoms with Crippen molar-refractivity contribution in [1.29, 1.82) is 0 Å². The standard InChI is InChI=1S/C12H11NP.C7H9.2ClH.Ti/c1-2-4-11-8-12(7-10(11)3-1)14-6-5-13-9-14;1-6-4-3-5-7(6)2;;;/h1-9,13-14H;4H,3H2,1-2H3;2*1H;/q;;;;+2/p-2. The molecule has 3 aliphatic rings. The molecule has 5 heteroatoms. The van der Waals surface area contributed by atoms with E-state index < -0.39 is 7.55 Å². The zero-order chi connectivity index (χ0) is 15.1. The van der Waals surface area contributed by atoms with Crippen molar-refractivity contribution in [2.45, 2.75) is 24.5 Å². The molecule has 2 atom stereocenters. The fourth-order valence-corrected chi connectivity index (χ4v) is 8.83. The molecule has 0 amide bonds. The molecule has 1 N–H and O–H groups in total. The van der Waals surface area contributed by atoms with E-state index in [0.29, 0.717) is 4.22 Å². The molecule has 124 valence electrons. The molecular formula is C19H20Cl2NPTi. The van der Waals surface area contributed by atoms with E-state index in [-0.39, 0.29) is 44.0 Å². The van der Waals surface area contributed by atoms with Gasteiger partial charge in [0.25, 0.3) is 0 Å². The molecule has 2 aliphatic carbocycles. The molecule has 0 saturated carbocycles. The number of fused-ring (bicyclic) bond motifs is 1. The van der Waals surface area contributed by atoms with Crippen LogP contribution < -0.4 is 30.1 Å². The van der Waals surface area contributed by atoms with E-state index in [1.807, 2.05) is 0 Å². The molecule has 4 rings (SSSR count). The minimum Gasteiger partial charge on any atom is -1.00 e. The van der Waals surface area contributed by atoms with Crippen molar-refractivity contribution < 1.29 is 44.0 Å². The third-order valence-electron chi connectivity index (χ3n) is 4.84. The fourth-order valence-electron chi connectivity index (χ4n) is 3.37. The summed E-state index contributed by atoms with van der Waals surface area (Å²) in [5.41, 5.74) is 6.11. The van der Waals surface area contributed by atoms with Crippen LogP contribution in [0.25, 0.3) is 6.08 Å². The van der Waals surface area contributed by atoms with Crippen LogP contribution in [0.2, 0.25) is 0 Å². The number of rotatable bonds is 3. The third kappa shape index (κ3) is 3.57. The minimum absolute atomic E-state index is 0. The molecule has 1 nitrogen and oxygen atoms in total. The van der Waals surface area contributed by atoms with E-state index in [2.05, 4.69) is 73.5 Å². The first-order chi connectivity index (χ1) is 10.7. The van der Waals surface area contributed by atoms with Crippen molar-refractivity contribution >= 4 is 19.5 Å². The zero-order valence-electron chi connectivity index (χ0n) is 13.7. The molecule has 0 radical (unpaired) electrons. The summed E-state index contributed by atoms with van der Waals surface area (Å²) in [6, 6.07) is 9.02. The summed E-state index contributed by atoms with van der Waals surface area (Å²) in [5, 5.41) is 4.99. The molecule has 0 aromatic heterocycles. The zero-order valence-corrected chi connectivity index (χ0v) is 17.8. The fraction of sp³-hybridized carbons (Fsp3) is 0.211. The van der Waals surface area contributed by atoms with E-state index in [4.69, 9.17) is 0 Å².